The number of guanidine groups is 1. The van der Waals surface area contributed by atoms with E-state index in [2.05, 4.69) is 34.5 Å². The summed E-state index contributed by atoms with van der Waals surface area (Å²) < 4.78 is 0. The molecule has 0 aliphatic carbocycles. The Kier molecular flexibility index (Phi) is 9.86. The fraction of sp³-hybridized carbons (Fsp3) is 0.818. The number of hydrogen-bond acceptors (Lipinski definition) is 2. The van der Waals surface area contributed by atoms with Crippen molar-refractivity contribution in [1.29, 1.82) is 0 Å². The van der Waals surface area contributed by atoms with Crippen molar-refractivity contribution in [2.45, 2.75) is 26.7 Å². The van der Waals surface area contributed by atoms with Crippen molar-refractivity contribution in [3.05, 3.63) is 0 Å². The lowest BCUT2D eigenvalue weighted by molar-refractivity contribution is 0.634. The molecule has 0 aliphatic heterocycles. The number of aliphatic imine (C=N–C) groups is 2. The van der Waals surface area contributed by atoms with Crippen molar-refractivity contribution in [1.82, 2.24) is 15.5 Å². The van der Waals surface area contributed by atoms with Gasteiger partial charge < -0.3 is 10.2 Å². The zero-order chi connectivity index (χ0) is 13.1. The lowest BCUT2D eigenvalue weighted by Gasteiger charge is -2.10. The molecule has 0 unspecified atom stereocenters. The summed E-state index contributed by atoms with van der Waals surface area (Å²) in [5.74, 6) is 0.578. The summed E-state index contributed by atoms with van der Waals surface area (Å²) in [6, 6.07) is 0. The van der Waals surface area contributed by atoms with E-state index in [1.165, 1.54) is 0 Å². The molecule has 0 aliphatic rings. The minimum atomic E-state index is 0.419. The zero-order valence-electron chi connectivity index (χ0n) is 11.3. The van der Waals surface area contributed by atoms with Gasteiger partial charge in [-0.05, 0) is 31.0 Å². The topological polar surface area (TPSA) is 52.0 Å². The number of halogens is 1. The van der Waals surface area contributed by atoms with E-state index in [4.69, 9.17) is 11.6 Å². The Morgan fingerprint density at radius 1 is 1.18 bits per heavy atom. The molecule has 0 aromatic heterocycles. The standard InChI is InChI=1S/C11H24ClN5/c1-5-7-13-9-15-11(14-8-6-2)16-10(12)17(3)4/h13H,5-9H2,1-4H3,(H,14,15). The van der Waals surface area contributed by atoms with Gasteiger partial charge in [-0.15, -0.1) is 0 Å². The zero-order valence-corrected chi connectivity index (χ0v) is 12.0. The molecule has 0 saturated carbocycles. The van der Waals surface area contributed by atoms with E-state index in [9.17, 15) is 0 Å². The minimum Gasteiger partial charge on any atom is -0.354 e. The predicted octanol–water partition coefficient (Wildman–Crippen LogP) is 1.46. The van der Waals surface area contributed by atoms with Crippen molar-refractivity contribution >= 4 is 22.9 Å². The van der Waals surface area contributed by atoms with Gasteiger partial charge in [0.2, 0.25) is 11.3 Å². The molecule has 0 bridgehead atoms. The highest BCUT2D eigenvalue weighted by Crippen LogP contribution is 1.91. The van der Waals surface area contributed by atoms with Crippen LogP contribution in [0.2, 0.25) is 0 Å². The van der Waals surface area contributed by atoms with Crippen LogP contribution in [0.3, 0.4) is 0 Å². The summed E-state index contributed by atoms with van der Waals surface area (Å²) in [7, 11) is 3.69. The Morgan fingerprint density at radius 3 is 2.35 bits per heavy atom. The molecule has 6 heteroatoms. The van der Waals surface area contributed by atoms with Gasteiger partial charge in [0.05, 0.1) is 6.67 Å². The molecule has 2 N–H and O–H groups in total. The third kappa shape index (κ3) is 8.94. The molecule has 0 aromatic rings. The first kappa shape index (κ1) is 16.2. The maximum Gasteiger partial charge on any atom is 0.222 e. The molecule has 0 saturated heterocycles. The SMILES string of the molecule is CCCNCN=C(N=C(Cl)N(C)C)NCCC. The molecule has 0 radical (unpaired) electrons. The molecule has 17 heavy (non-hydrogen) atoms. The van der Waals surface area contributed by atoms with Crippen molar-refractivity contribution in [2.75, 3.05) is 33.9 Å². The van der Waals surface area contributed by atoms with Gasteiger partial charge in [0, 0.05) is 20.6 Å². The van der Waals surface area contributed by atoms with Crippen molar-refractivity contribution < 1.29 is 0 Å². The smallest absolute Gasteiger partial charge is 0.222 e. The van der Waals surface area contributed by atoms with Gasteiger partial charge >= 0.3 is 0 Å². The molecule has 0 amide bonds. The van der Waals surface area contributed by atoms with Crippen LogP contribution in [-0.4, -0.2) is 50.0 Å². The Labute approximate surface area is 109 Å². The van der Waals surface area contributed by atoms with Crippen LogP contribution in [0.5, 0.6) is 0 Å². The number of nitrogens with one attached hydrogen (secondary N) is 2. The number of amidine groups is 1. The van der Waals surface area contributed by atoms with Crippen LogP contribution in [0.25, 0.3) is 0 Å². The summed E-state index contributed by atoms with van der Waals surface area (Å²) in [4.78, 5) is 10.3. The van der Waals surface area contributed by atoms with Crippen LogP contribution in [-0.2, 0) is 0 Å². The van der Waals surface area contributed by atoms with Crippen LogP contribution in [0, 0.1) is 0 Å². The van der Waals surface area contributed by atoms with Crippen LogP contribution >= 0.6 is 11.6 Å². The summed E-state index contributed by atoms with van der Waals surface area (Å²) in [5.41, 5.74) is 0. The van der Waals surface area contributed by atoms with Crippen LogP contribution in [0.1, 0.15) is 26.7 Å². The molecule has 0 heterocycles. The Balaban J connectivity index is 4.36. The van der Waals surface area contributed by atoms with Crippen LogP contribution in [0.4, 0.5) is 0 Å². The van der Waals surface area contributed by atoms with Gasteiger partial charge in [0.1, 0.15) is 0 Å². The third-order valence-corrected chi connectivity index (χ3v) is 2.29. The molecule has 0 spiro atoms. The van der Waals surface area contributed by atoms with Gasteiger partial charge in [-0.25, -0.2) is 4.99 Å². The second-order valence-corrected chi connectivity index (χ2v) is 4.18. The lowest BCUT2D eigenvalue weighted by Crippen LogP contribution is -2.28. The largest absolute Gasteiger partial charge is 0.354 e. The normalized spacial score (nSPS) is 12.8. The summed E-state index contributed by atoms with van der Waals surface area (Å²) >= 11 is 5.96. The van der Waals surface area contributed by atoms with E-state index in [0.29, 0.717) is 17.9 Å². The Bertz CT molecular complexity index is 250. The maximum atomic E-state index is 5.96. The Morgan fingerprint density at radius 2 is 1.82 bits per heavy atom. The number of rotatable bonds is 6. The van der Waals surface area contributed by atoms with Gasteiger partial charge in [-0.3, -0.25) is 5.32 Å². The molecule has 0 aromatic carbocycles. The first-order valence-electron chi connectivity index (χ1n) is 6.02. The number of nitrogens with zero attached hydrogens (tertiary/aromatic N) is 3. The highest BCUT2D eigenvalue weighted by atomic mass is 35.5. The van der Waals surface area contributed by atoms with Crippen molar-refractivity contribution in [3.63, 3.8) is 0 Å². The van der Waals surface area contributed by atoms with Crippen molar-refractivity contribution in [2.24, 2.45) is 9.98 Å². The third-order valence-electron chi connectivity index (χ3n) is 1.87. The van der Waals surface area contributed by atoms with Gasteiger partial charge in [0.25, 0.3) is 0 Å². The fourth-order valence-electron chi connectivity index (χ4n) is 0.942. The van der Waals surface area contributed by atoms with Crippen LogP contribution in [0.15, 0.2) is 9.98 Å². The van der Waals surface area contributed by atoms with Gasteiger partial charge in [-0.1, -0.05) is 13.8 Å². The molecule has 5 nitrogen and oxygen atoms in total. The molecule has 100 valence electrons. The average Bonchev–Trinajstić information content (AvgIpc) is 2.30. The minimum absolute atomic E-state index is 0.419. The molecule has 0 fully saturated rings. The first-order valence-corrected chi connectivity index (χ1v) is 6.40. The van der Waals surface area contributed by atoms with E-state index in [-0.39, 0.29) is 0 Å². The fourth-order valence-corrected chi connectivity index (χ4v) is 1.02. The van der Waals surface area contributed by atoms with Crippen molar-refractivity contribution in [3.8, 4) is 0 Å². The monoisotopic (exact) mass is 261 g/mol. The molecule has 0 rings (SSSR count). The highest BCUT2D eigenvalue weighted by molar-refractivity contribution is 6.65. The quantitative estimate of drug-likeness (QED) is 0.329. The average molecular weight is 262 g/mol. The number of hydrogen-bond donors (Lipinski definition) is 2. The second-order valence-electron chi connectivity index (χ2n) is 3.84. The lowest BCUT2D eigenvalue weighted by atomic mass is 10.5. The van der Waals surface area contributed by atoms with Gasteiger partial charge in [0.15, 0.2) is 0 Å². The van der Waals surface area contributed by atoms with E-state index < -0.39 is 0 Å². The molecular weight excluding hydrogens is 238 g/mol. The summed E-state index contributed by atoms with van der Waals surface area (Å²) in [6.07, 6.45) is 2.12. The summed E-state index contributed by atoms with van der Waals surface area (Å²) in [5, 5.41) is 6.75. The molecule has 0 atom stereocenters. The van der Waals surface area contributed by atoms with E-state index in [1.54, 1.807) is 4.90 Å². The highest BCUT2D eigenvalue weighted by Gasteiger charge is 2.00. The first-order chi connectivity index (χ1) is 8.11. The second kappa shape index (κ2) is 10.4. The predicted molar refractivity (Wildman–Crippen MR) is 75.9 cm³/mol. The van der Waals surface area contributed by atoms with Crippen LogP contribution < -0.4 is 10.6 Å². The Hall–Kier alpha value is -0.810. The van der Waals surface area contributed by atoms with E-state index in [0.717, 1.165) is 25.9 Å². The summed E-state index contributed by atoms with van der Waals surface area (Å²) in [6.45, 7) is 6.57. The maximum absolute atomic E-state index is 5.96. The van der Waals surface area contributed by atoms with E-state index >= 15 is 0 Å². The van der Waals surface area contributed by atoms with Gasteiger partial charge in [-0.2, -0.15) is 4.99 Å². The molecular formula is C11H24ClN5. The van der Waals surface area contributed by atoms with E-state index in [1.807, 2.05) is 14.1 Å².